The topological polar surface area (TPSA) is 60.7 Å². The van der Waals surface area contributed by atoms with Crippen molar-refractivity contribution in [1.82, 2.24) is 4.57 Å². The lowest BCUT2D eigenvalue weighted by molar-refractivity contribution is -0.137. The van der Waals surface area contributed by atoms with Crippen molar-refractivity contribution in [2.75, 3.05) is 0 Å². The summed E-state index contributed by atoms with van der Waals surface area (Å²) in [5.41, 5.74) is 4.53. The fourth-order valence-corrected chi connectivity index (χ4v) is 3.43. The fourth-order valence-electron chi connectivity index (χ4n) is 3.43. The van der Waals surface area contributed by atoms with Gasteiger partial charge in [-0.3, -0.25) is 4.79 Å². The van der Waals surface area contributed by atoms with E-state index in [1.807, 2.05) is 36.4 Å². The molecule has 1 aromatic heterocycles. The van der Waals surface area contributed by atoms with Gasteiger partial charge in [-0.1, -0.05) is 29.9 Å². The molecule has 0 atom stereocenters. The molecular weight excluding hydrogens is 316 g/mol. The first-order chi connectivity index (χ1) is 12.1. The second-order valence-corrected chi connectivity index (χ2v) is 6.04. The first-order valence-corrected chi connectivity index (χ1v) is 8.06. The van der Waals surface area contributed by atoms with Crippen LogP contribution in [-0.2, 0) is 16.2 Å². The number of Topliss-reactive ketones (excluding diaryl/α,β-unsaturated/α-hetero) is 1. The molecule has 0 amide bonds. The summed E-state index contributed by atoms with van der Waals surface area (Å²) in [5, 5.41) is 6.14. The molecule has 25 heavy (non-hydrogen) atoms. The highest BCUT2D eigenvalue weighted by molar-refractivity contribution is 6.19. The zero-order valence-corrected chi connectivity index (χ0v) is 13.8. The molecule has 2 aromatic carbocycles. The van der Waals surface area contributed by atoms with Crippen LogP contribution >= 0.6 is 0 Å². The van der Waals surface area contributed by atoms with E-state index < -0.39 is 5.97 Å². The van der Waals surface area contributed by atoms with Crippen LogP contribution in [0.5, 0.6) is 0 Å². The Morgan fingerprint density at radius 1 is 1.24 bits per heavy atom. The van der Waals surface area contributed by atoms with Gasteiger partial charge in [-0.2, -0.15) is 0 Å². The number of aromatic nitrogens is 1. The van der Waals surface area contributed by atoms with Crippen molar-refractivity contribution < 1.29 is 14.4 Å². The van der Waals surface area contributed by atoms with E-state index in [1.165, 1.54) is 0 Å². The van der Waals surface area contributed by atoms with Gasteiger partial charge in [0.15, 0.2) is 5.78 Å². The Hall–Kier alpha value is -3.21. The quantitative estimate of drug-likeness (QED) is 0.317. The molecule has 0 N–H and O–H groups in total. The van der Waals surface area contributed by atoms with Gasteiger partial charge in [0.25, 0.3) is 0 Å². The van der Waals surface area contributed by atoms with E-state index in [0.29, 0.717) is 12.0 Å². The first kappa shape index (κ1) is 15.3. The molecule has 5 heteroatoms. The van der Waals surface area contributed by atoms with Crippen LogP contribution in [0.15, 0.2) is 54.2 Å². The Balaban J connectivity index is 1.96. The highest BCUT2D eigenvalue weighted by Gasteiger charge is 2.22. The van der Waals surface area contributed by atoms with E-state index in [2.05, 4.69) is 16.3 Å². The van der Waals surface area contributed by atoms with Crippen LogP contribution in [0.4, 0.5) is 0 Å². The van der Waals surface area contributed by atoms with Gasteiger partial charge in [-0.15, -0.1) is 0 Å². The molecule has 0 bridgehead atoms. The van der Waals surface area contributed by atoms with Gasteiger partial charge < -0.3 is 9.40 Å². The summed E-state index contributed by atoms with van der Waals surface area (Å²) in [6, 6.07) is 11.8. The van der Waals surface area contributed by atoms with Crippen LogP contribution in [0.1, 0.15) is 29.3 Å². The zero-order chi connectivity index (χ0) is 17.6. The van der Waals surface area contributed by atoms with Gasteiger partial charge >= 0.3 is 5.97 Å². The number of carbonyl (C=O) groups excluding carboxylic acids is 2. The van der Waals surface area contributed by atoms with Gasteiger partial charge in [0.05, 0.1) is 11.2 Å². The van der Waals surface area contributed by atoms with E-state index in [0.717, 1.165) is 45.7 Å². The maximum absolute atomic E-state index is 11.7. The summed E-state index contributed by atoms with van der Waals surface area (Å²) in [7, 11) is 0. The molecule has 0 saturated heterocycles. The third-order valence-electron chi connectivity index (χ3n) is 4.59. The van der Waals surface area contributed by atoms with Gasteiger partial charge in [0.2, 0.25) is 0 Å². The van der Waals surface area contributed by atoms with Crippen molar-refractivity contribution in [2.45, 2.75) is 19.9 Å². The summed E-state index contributed by atoms with van der Waals surface area (Å²) in [6.45, 7) is 5.68. The molecule has 3 aromatic rings. The lowest BCUT2D eigenvalue weighted by atomic mass is 10.0. The molecule has 1 aliphatic rings. The van der Waals surface area contributed by atoms with Crippen LogP contribution in [0.2, 0.25) is 0 Å². The largest absolute Gasteiger partial charge is 0.358 e. The van der Waals surface area contributed by atoms with Crippen molar-refractivity contribution in [1.29, 1.82) is 0 Å². The summed E-state index contributed by atoms with van der Waals surface area (Å²) in [5.74, 6) is -0.524. The predicted molar refractivity (Wildman–Crippen MR) is 96.9 cm³/mol. The Morgan fingerprint density at radius 2 is 2.08 bits per heavy atom. The maximum atomic E-state index is 11.7. The number of carbonyl (C=O) groups is 2. The minimum atomic E-state index is -0.572. The first-order valence-electron chi connectivity index (χ1n) is 8.06. The average Bonchev–Trinajstić information content (AvgIpc) is 2.96. The molecule has 2 heterocycles. The minimum Gasteiger partial charge on any atom is -0.340 e. The van der Waals surface area contributed by atoms with Crippen molar-refractivity contribution in [3.8, 4) is 0 Å². The van der Waals surface area contributed by atoms with Crippen molar-refractivity contribution in [3.63, 3.8) is 0 Å². The summed E-state index contributed by atoms with van der Waals surface area (Å²) < 4.78 is 2.23. The van der Waals surface area contributed by atoms with Crippen molar-refractivity contribution in [2.24, 2.45) is 5.16 Å². The number of rotatable bonds is 3. The van der Waals surface area contributed by atoms with Crippen LogP contribution < -0.4 is 0 Å². The highest BCUT2D eigenvalue weighted by atomic mass is 16.7. The SMILES string of the molecule is C=CC(=O)O/N=C1\CCn2c3ccc(C(C)=O)cc3c3cccc1c32. The van der Waals surface area contributed by atoms with E-state index in [4.69, 9.17) is 4.84 Å². The van der Waals surface area contributed by atoms with Crippen molar-refractivity contribution in [3.05, 3.63) is 60.2 Å². The van der Waals surface area contributed by atoms with Crippen LogP contribution in [-0.4, -0.2) is 22.0 Å². The number of benzene rings is 2. The number of nitrogens with zero attached hydrogens (tertiary/aromatic N) is 2. The Bertz CT molecular complexity index is 1090. The Labute approximate surface area is 144 Å². The average molecular weight is 332 g/mol. The molecule has 0 spiro atoms. The summed E-state index contributed by atoms with van der Waals surface area (Å²) in [6.07, 6.45) is 1.75. The number of hydrogen-bond donors (Lipinski definition) is 0. The van der Waals surface area contributed by atoms with Gasteiger partial charge in [-0.05, 0) is 25.1 Å². The molecule has 0 aliphatic carbocycles. The molecule has 0 radical (unpaired) electrons. The predicted octanol–water partition coefficient (Wildman–Crippen LogP) is 3.83. The van der Waals surface area contributed by atoms with Crippen molar-refractivity contribution >= 4 is 39.3 Å². The van der Waals surface area contributed by atoms with E-state index in [-0.39, 0.29) is 5.78 Å². The molecule has 124 valence electrons. The van der Waals surface area contributed by atoms with Crippen LogP contribution in [0.25, 0.3) is 21.8 Å². The zero-order valence-electron chi connectivity index (χ0n) is 13.8. The number of hydrogen-bond acceptors (Lipinski definition) is 4. The molecule has 0 saturated carbocycles. The number of fused-ring (bicyclic) bond motifs is 3. The number of ketones is 1. The standard InChI is InChI=1S/C20H16N2O3/c1-3-19(24)25-21-17-9-10-22-18-8-7-13(12(2)23)11-16(18)14-5-4-6-15(17)20(14)22/h3-8,11H,1,9-10H2,2H3/b21-17+. The van der Waals surface area contributed by atoms with Crippen LogP contribution in [0, 0.1) is 0 Å². The minimum absolute atomic E-state index is 0.0485. The molecule has 1 aliphatic heterocycles. The van der Waals surface area contributed by atoms with Gasteiger partial charge in [0.1, 0.15) is 0 Å². The highest BCUT2D eigenvalue weighted by Crippen LogP contribution is 2.35. The second kappa shape index (κ2) is 5.70. The lowest BCUT2D eigenvalue weighted by Crippen LogP contribution is -2.15. The molecule has 5 nitrogen and oxygen atoms in total. The monoisotopic (exact) mass is 332 g/mol. The molecule has 0 fully saturated rings. The number of oxime groups is 1. The van der Waals surface area contributed by atoms with Gasteiger partial charge in [0, 0.05) is 46.5 Å². The normalized spacial score (nSPS) is 14.8. The fraction of sp³-hybridized carbons (Fsp3) is 0.150. The van der Waals surface area contributed by atoms with E-state index in [1.54, 1.807) is 6.92 Å². The molecule has 4 rings (SSSR count). The van der Waals surface area contributed by atoms with Gasteiger partial charge in [-0.25, -0.2) is 4.79 Å². The molecule has 0 unspecified atom stereocenters. The third-order valence-corrected chi connectivity index (χ3v) is 4.59. The van der Waals surface area contributed by atoms with Crippen LogP contribution in [0.3, 0.4) is 0 Å². The molecular formula is C20H16N2O3. The third kappa shape index (κ3) is 2.36. The summed E-state index contributed by atoms with van der Waals surface area (Å²) >= 11 is 0. The number of para-hydroxylation sites is 1. The Morgan fingerprint density at radius 3 is 2.84 bits per heavy atom. The number of aryl methyl sites for hydroxylation is 1. The smallest absolute Gasteiger partial charge is 0.340 e. The van der Waals surface area contributed by atoms with E-state index in [9.17, 15) is 9.59 Å². The maximum Gasteiger partial charge on any atom is 0.358 e. The summed E-state index contributed by atoms with van der Waals surface area (Å²) in [4.78, 5) is 27.9. The lowest BCUT2D eigenvalue weighted by Gasteiger charge is -2.17. The Kier molecular flexibility index (Phi) is 3.50. The second-order valence-electron chi connectivity index (χ2n) is 6.04. The van der Waals surface area contributed by atoms with E-state index >= 15 is 0 Å².